The molecule has 10 heteroatoms. The van der Waals surface area contributed by atoms with E-state index in [1.54, 1.807) is 0 Å². The first-order chi connectivity index (χ1) is 13.7. The highest BCUT2D eigenvalue weighted by Gasteiger charge is 2.23. The SMILES string of the molecule is CCCN(CCC)S(=O)(=O)c1ccc(N(C(=O)[O-])c2ccc([N+](=O)[O-])cc2)cc1. The predicted octanol–water partition coefficient (Wildman–Crippen LogP) is 2.89. The minimum absolute atomic E-state index is 0.0603. The molecule has 29 heavy (non-hydrogen) atoms. The van der Waals surface area contributed by atoms with E-state index < -0.39 is 21.0 Å². The summed E-state index contributed by atoms with van der Waals surface area (Å²) >= 11 is 0. The molecule has 0 saturated heterocycles. The number of nitro benzene ring substituents is 1. The van der Waals surface area contributed by atoms with Gasteiger partial charge in [0.15, 0.2) is 0 Å². The van der Waals surface area contributed by atoms with Crippen LogP contribution in [0.2, 0.25) is 0 Å². The number of rotatable bonds is 9. The van der Waals surface area contributed by atoms with Crippen molar-refractivity contribution in [1.29, 1.82) is 0 Å². The highest BCUT2D eigenvalue weighted by molar-refractivity contribution is 7.89. The zero-order valence-electron chi connectivity index (χ0n) is 16.1. The standard InChI is InChI=1S/C19H23N3O6S/c1-3-13-20(14-4-2)29(27,28)18-11-9-16(10-12-18)21(19(23)24)15-5-7-17(8-6-15)22(25)26/h5-12H,3-4,13-14H2,1-2H3,(H,23,24)/p-1. The smallest absolute Gasteiger partial charge is 0.269 e. The largest absolute Gasteiger partial charge is 0.529 e. The summed E-state index contributed by atoms with van der Waals surface area (Å²) in [5.74, 6) is 0. The first-order valence-electron chi connectivity index (χ1n) is 9.08. The zero-order chi connectivity index (χ0) is 21.6. The van der Waals surface area contributed by atoms with Gasteiger partial charge in [0, 0.05) is 36.6 Å². The van der Waals surface area contributed by atoms with Gasteiger partial charge in [-0.25, -0.2) is 8.42 Å². The van der Waals surface area contributed by atoms with Crippen molar-refractivity contribution in [3.05, 3.63) is 58.6 Å². The van der Waals surface area contributed by atoms with Crippen molar-refractivity contribution in [2.75, 3.05) is 18.0 Å². The number of carboxylic acid groups (broad SMARTS) is 1. The summed E-state index contributed by atoms with van der Waals surface area (Å²) < 4.78 is 27.0. The second kappa shape index (κ2) is 9.48. The van der Waals surface area contributed by atoms with Crippen LogP contribution in [0, 0.1) is 10.1 Å². The average molecular weight is 420 g/mol. The summed E-state index contributed by atoms with van der Waals surface area (Å²) in [6.07, 6.45) is -0.195. The molecule has 0 spiro atoms. The third-order valence-corrected chi connectivity index (χ3v) is 6.09. The van der Waals surface area contributed by atoms with Crippen molar-refractivity contribution in [2.45, 2.75) is 31.6 Å². The van der Waals surface area contributed by atoms with Crippen LogP contribution in [-0.2, 0) is 10.0 Å². The number of carbonyl (C=O) groups excluding carboxylic acids is 1. The number of hydrogen-bond acceptors (Lipinski definition) is 6. The van der Waals surface area contributed by atoms with E-state index in [0.717, 1.165) is 4.90 Å². The predicted molar refractivity (Wildman–Crippen MR) is 106 cm³/mol. The monoisotopic (exact) mass is 420 g/mol. The van der Waals surface area contributed by atoms with Crippen molar-refractivity contribution in [2.24, 2.45) is 0 Å². The first kappa shape index (κ1) is 22.3. The van der Waals surface area contributed by atoms with Crippen LogP contribution in [0.3, 0.4) is 0 Å². The number of nitro groups is 1. The molecule has 0 aromatic heterocycles. The molecule has 0 N–H and O–H groups in total. The van der Waals surface area contributed by atoms with Crippen LogP contribution >= 0.6 is 0 Å². The Kier molecular flexibility index (Phi) is 7.29. The van der Waals surface area contributed by atoms with E-state index in [-0.39, 0.29) is 22.0 Å². The van der Waals surface area contributed by atoms with Gasteiger partial charge in [-0.3, -0.25) is 15.0 Å². The molecule has 0 bridgehead atoms. The fraction of sp³-hybridized carbons (Fsp3) is 0.316. The lowest BCUT2D eigenvalue weighted by atomic mass is 10.2. The van der Waals surface area contributed by atoms with Crippen LogP contribution in [0.15, 0.2) is 53.4 Å². The van der Waals surface area contributed by atoms with Gasteiger partial charge in [-0.2, -0.15) is 4.31 Å². The summed E-state index contributed by atoms with van der Waals surface area (Å²) in [6, 6.07) is 10.3. The summed E-state index contributed by atoms with van der Waals surface area (Å²) in [5.41, 5.74) is 0.126. The normalized spacial score (nSPS) is 11.4. The number of amides is 1. The number of anilines is 2. The Morgan fingerprint density at radius 1 is 0.931 bits per heavy atom. The molecule has 0 atom stereocenters. The molecule has 2 aromatic carbocycles. The fourth-order valence-electron chi connectivity index (χ4n) is 2.85. The van der Waals surface area contributed by atoms with E-state index in [1.165, 1.54) is 52.8 Å². The topological polar surface area (TPSA) is 124 Å². The first-order valence-corrected chi connectivity index (χ1v) is 10.5. The number of hydrogen-bond donors (Lipinski definition) is 0. The molecule has 0 aliphatic carbocycles. The highest BCUT2D eigenvalue weighted by atomic mass is 32.2. The van der Waals surface area contributed by atoms with Crippen molar-refractivity contribution in [3.8, 4) is 0 Å². The molecule has 156 valence electrons. The van der Waals surface area contributed by atoms with Crippen molar-refractivity contribution < 1.29 is 23.2 Å². The lowest BCUT2D eigenvalue weighted by Crippen LogP contribution is -2.38. The van der Waals surface area contributed by atoms with Gasteiger partial charge in [-0.1, -0.05) is 13.8 Å². The summed E-state index contributed by atoms with van der Waals surface area (Å²) in [7, 11) is -3.69. The molecular weight excluding hydrogens is 398 g/mol. The van der Waals surface area contributed by atoms with Gasteiger partial charge >= 0.3 is 0 Å². The number of non-ortho nitro benzene ring substituents is 1. The summed E-state index contributed by atoms with van der Waals surface area (Å²) in [6.45, 7) is 4.57. The molecule has 0 saturated carbocycles. The maximum absolute atomic E-state index is 12.8. The Morgan fingerprint density at radius 2 is 1.38 bits per heavy atom. The van der Waals surface area contributed by atoms with Crippen LogP contribution < -0.4 is 10.0 Å². The van der Waals surface area contributed by atoms with E-state index in [4.69, 9.17) is 0 Å². The van der Waals surface area contributed by atoms with Crippen LogP contribution in [-0.4, -0.2) is 36.8 Å². The molecule has 0 radical (unpaired) electrons. The van der Waals surface area contributed by atoms with Crippen molar-refractivity contribution in [1.82, 2.24) is 4.31 Å². The van der Waals surface area contributed by atoms with Gasteiger partial charge in [0.1, 0.15) is 6.09 Å². The van der Waals surface area contributed by atoms with Gasteiger partial charge < -0.3 is 9.90 Å². The van der Waals surface area contributed by atoms with E-state index in [2.05, 4.69) is 0 Å². The fourth-order valence-corrected chi connectivity index (χ4v) is 4.47. The number of carbonyl (C=O) groups is 1. The molecular formula is C19H22N3O6S-. The van der Waals surface area contributed by atoms with Crippen LogP contribution in [0.1, 0.15) is 26.7 Å². The van der Waals surface area contributed by atoms with Gasteiger partial charge in [-0.05, 0) is 49.2 Å². The zero-order valence-corrected chi connectivity index (χ0v) is 17.0. The number of benzene rings is 2. The van der Waals surface area contributed by atoms with Gasteiger partial charge in [0.2, 0.25) is 10.0 Å². The number of nitrogens with zero attached hydrogens (tertiary/aromatic N) is 3. The van der Waals surface area contributed by atoms with Gasteiger partial charge in [-0.15, -0.1) is 0 Å². The Hall–Kier alpha value is -2.98. The molecule has 0 aliphatic heterocycles. The highest BCUT2D eigenvalue weighted by Crippen LogP contribution is 2.28. The van der Waals surface area contributed by atoms with Crippen molar-refractivity contribution >= 4 is 33.2 Å². The maximum atomic E-state index is 12.8. The van der Waals surface area contributed by atoms with Gasteiger partial charge in [0.05, 0.1) is 9.82 Å². The van der Waals surface area contributed by atoms with Gasteiger partial charge in [0.25, 0.3) is 5.69 Å². The molecule has 2 aromatic rings. The molecule has 0 unspecified atom stereocenters. The Morgan fingerprint density at radius 3 is 1.76 bits per heavy atom. The lowest BCUT2D eigenvalue weighted by molar-refractivity contribution is -0.384. The second-order valence-electron chi connectivity index (χ2n) is 6.27. The second-order valence-corrected chi connectivity index (χ2v) is 8.21. The minimum atomic E-state index is -3.69. The molecule has 0 heterocycles. The van der Waals surface area contributed by atoms with Crippen LogP contribution in [0.5, 0.6) is 0 Å². The Labute approximate surface area is 169 Å². The van der Waals surface area contributed by atoms with Crippen LogP contribution in [0.4, 0.5) is 21.9 Å². The maximum Gasteiger partial charge on any atom is 0.269 e. The van der Waals surface area contributed by atoms with Crippen molar-refractivity contribution in [3.63, 3.8) is 0 Å². The van der Waals surface area contributed by atoms with Crippen LogP contribution in [0.25, 0.3) is 0 Å². The van der Waals surface area contributed by atoms with E-state index in [9.17, 15) is 28.4 Å². The summed E-state index contributed by atoms with van der Waals surface area (Å²) in [5, 5.41) is 22.4. The Bertz CT molecular complexity index is 952. The van der Waals surface area contributed by atoms with E-state index in [0.29, 0.717) is 25.9 Å². The lowest BCUT2D eigenvalue weighted by Gasteiger charge is -2.26. The van der Waals surface area contributed by atoms with E-state index in [1.807, 2.05) is 13.8 Å². The quantitative estimate of drug-likeness (QED) is 0.454. The Balaban J connectivity index is 2.37. The molecule has 9 nitrogen and oxygen atoms in total. The molecule has 0 fully saturated rings. The minimum Gasteiger partial charge on any atom is -0.529 e. The summed E-state index contributed by atoms with van der Waals surface area (Å²) in [4.78, 5) is 22.7. The third-order valence-electron chi connectivity index (χ3n) is 4.18. The third kappa shape index (κ3) is 5.09. The van der Waals surface area contributed by atoms with E-state index >= 15 is 0 Å². The number of sulfonamides is 1. The average Bonchev–Trinajstić information content (AvgIpc) is 2.68. The molecule has 2 rings (SSSR count). The molecule has 0 aliphatic rings. The molecule has 1 amide bonds.